The number of hydrogen-bond donors (Lipinski definition) is 0. The van der Waals surface area contributed by atoms with E-state index in [4.69, 9.17) is 0 Å². The molecule has 25 heavy (non-hydrogen) atoms. The van der Waals surface area contributed by atoms with Crippen LogP contribution >= 0.6 is 0 Å². The van der Waals surface area contributed by atoms with E-state index in [1.807, 2.05) is 35.7 Å². The molecule has 0 saturated carbocycles. The van der Waals surface area contributed by atoms with Gasteiger partial charge in [0, 0.05) is 17.1 Å². The highest BCUT2D eigenvalue weighted by molar-refractivity contribution is 6.11. The Labute approximate surface area is 145 Å². The lowest BCUT2D eigenvalue weighted by atomic mass is 10.0. The minimum Gasteiger partial charge on any atom is -0.312 e. The van der Waals surface area contributed by atoms with E-state index < -0.39 is 0 Å². The zero-order chi connectivity index (χ0) is 17.6. The molecule has 0 fully saturated rings. The molecule has 4 aromatic rings. The third-order valence-corrected chi connectivity index (χ3v) is 4.87. The fourth-order valence-electron chi connectivity index (χ4n) is 3.66. The van der Waals surface area contributed by atoms with E-state index in [-0.39, 0.29) is 11.6 Å². The van der Waals surface area contributed by atoms with Gasteiger partial charge in [-0.1, -0.05) is 31.2 Å². The average Bonchev–Trinajstić information content (AvgIpc) is 2.93. The van der Waals surface area contributed by atoms with Crippen LogP contribution in [0.25, 0.3) is 16.3 Å². The highest BCUT2D eigenvalue weighted by Crippen LogP contribution is 2.31. The number of carbonyl (C=O) groups is 1. The van der Waals surface area contributed by atoms with Gasteiger partial charge in [0.05, 0.1) is 11.2 Å². The summed E-state index contributed by atoms with van der Waals surface area (Å²) in [7, 11) is 0. The number of rotatable bonds is 3. The van der Waals surface area contributed by atoms with Crippen molar-refractivity contribution in [2.24, 2.45) is 0 Å². The van der Waals surface area contributed by atoms with Crippen LogP contribution in [0.1, 0.15) is 34.1 Å². The summed E-state index contributed by atoms with van der Waals surface area (Å²) in [6.45, 7) is 4.10. The number of aryl methyl sites for hydroxylation is 1. The number of carbonyl (C=O) groups excluding carboxylic acids is 1. The second-order valence-corrected chi connectivity index (χ2v) is 6.26. The molecule has 0 bridgehead atoms. The largest absolute Gasteiger partial charge is 0.312 e. The topological polar surface area (TPSA) is 21.5 Å². The van der Waals surface area contributed by atoms with Gasteiger partial charge < -0.3 is 4.40 Å². The van der Waals surface area contributed by atoms with Crippen molar-refractivity contribution in [2.75, 3.05) is 0 Å². The first-order valence-corrected chi connectivity index (χ1v) is 8.43. The summed E-state index contributed by atoms with van der Waals surface area (Å²) in [6, 6.07) is 16.0. The maximum absolute atomic E-state index is 13.2. The van der Waals surface area contributed by atoms with Crippen LogP contribution in [0.2, 0.25) is 0 Å². The van der Waals surface area contributed by atoms with Crippen LogP contribution in [-0.4, -0.2) is 10.2 Å². The monoisotopic (exact) mass is 331 g/mol. The summed E-state index contributed by atoms with van der Waals surface area (Å²) in [5.41, 5.74) is 4.42. The Morgan fingerprint density at radius 2 is 1.76 bits per heavy atom. The van der Waals surface area contributed by atoms with Crippen LogP contribution in [0, 0.1) is 12.7 Å². The summed E-state index contributed by atoms with van der Waals surface area (Å²) in [4.78, 5) is 13.1. The predicted octanol–water partition coefficient (Wildman–Crippen LogP) is 5.33. The zero-order valence-electron chi connectivity index (χ0n) is 14.2. The molecule has 0 saturated heterocycles. The number of pyridine rings is 1. The molecule has 0 N–H and O–H groups in total. The van der Waals surface area contributed by atoms with Gasteiger partial charge in [-0.3, -0.25) is 4.79 Å². The third-order valence-electron chi connectivity index (χ3n) is 4.87. The molecule has 0 aliphatic rings. The lowest BCUT2D eigenvalue weighted by Crippen LogP contribution is -2.07. The lowest BCUT2D eigenvalue weighted by Gasteiger charge is -2.06. The molecule has 0 aliphatic carbocycles. The number of halogens is 1. The molecule has 3 heteroatoms. The predicted molar refractivity (Wildman–Crippen MR) is 98.9 cm³/mol. The fourth-order valence-corrected chi connectivity index (χ4v) is 3.66. The molecule has 2 heterocycles. The quantitative estimate of drug-likeness (QED) is 0.465. The standard InChI is InChI=1S/C22H18FNO/c1-3-18-14(2)20(22(25)16-8-10-17(23)11-9-16)24-13-12-15-6-4-5-7-19(15)21(18)24/h4-13H,3H2,1-2H3. The van der Waals surface area contributed by atoms with Crippen molar-refractivity contribution >= 4 is 22.1 Å². The minimum atomic E-state index is -0.339. The van der Waals surface area contributed by atoms with E-state index in [0.717, 1.165) is 28.3 Å². The zero-order valence-corrected chi connectivity index (χ0v) is 14.2. The number of benzene rings is 2. The Kier molecular flexibility index (Phi) is 3.65. The van der Waals surface area contributed by atoms with Gasteiger partial charge in [0.1, 0.15) is 5.82 Å². The summed E-state index contributed by atoms with van der Waals surface area (Å²) in [5, 5.41) is 2.30. The van der Waals surface area contributed by atoms with Gasteiger partial charge in [-0.25, -0.2) is 4.39 Å². The second kappa shape index (κ2) is 5.85. The van der Waals surface area contributed by atoms with Crippen LogP contribution in [0.5, 0.6) is 0 Å². The van der Waals surface area contributed by atoms with Crippen LogP contribution < -0.4 is 0 Å². The number of nitrogens with zero attached hydrogens (tertiary/aromatic N) is 1. The van der Waals surface area contributed by atoms with Gasteiger partial charge in [0.2, 0.25) is 5.78 Å². The molecule has 4 rings (SSSR count). The van der Waals surface area contributed by atoms with Gasteiger partial charge in [0.25, 0.3) is 0 Å². The van der Waals surface area contributed by atoms with E-state index in [0.29, 0.717) is 11.3 Å². The number of fused-ring (bicyclic) bond motifs is 3. The van der Waals surface area contributed by atoms with Crippen molar-refractivity contribution in [1.29, 1.82) is 0 Å². The van der Waals surface area contributed by atoms with Gasteiger partial charge in [0.15, 0.2) is 0 Å². The van der Waals surface area contributed by atoms with Crippen LogP contribution in [0.3, 0.4) is 0 Å². The van der Waals surface area contributed by atoms with Crippen LogP contribution in [0.15, 0.2) is 60.8 Å². The minimum absolute atomic E-state index is 0.0810. The molecule has 0 unspecified atom stereocenters. The smallest absolute Gasteiger partial charge is 0.210 e. The van der Waals surface area contributed by atoms with E-state index in [9.17, 15) is 9.18 Å². The van der Waals surface area contributed by atoms with Crippen LogP contribution in [0.4, 0.5) is 4.39 Å². The highest BCUT2D eigenvalue weighted by Gasteiger charge is 2.22. The molecule has 0 amide bonds. The number of ketones is 1. The average molecular weight is 331 g/mol. The van der Waals surface area contributed by atoms with Crippen molar-refractivity contribution in [3.63, 3.8) is 0 Å². The van der Waals surface area contributed by atoms with Gasteiger partial charge in [-0.2, -0.15) is 0 Å². The van der Waals surface area contributed by atoms with E-state index in [1.165, 1.54) is 17.7 Å². The summed E-state index contributed by atoms with van der Waals surface area (Å²) in [5.74, 6) is -0.420. The molecule has 2 nitrogen and oxygen atoms in total. The Balaban J connectivity index is 2.04. The van der Waals surface area contributed by atoms with E-state index >= 15 is 0 Å². The van der Waals surface area contributed by atoms with Crippen molar-refractivity contribution in [3.8, 4) is 0 Å². The SMILES string of the molecule is CCc1c(C)c(C(=O)c2ccc(F)cc2)n2ccc3ccccc3c12. The molecular weight excluding hydrogens is 313 g/mol. The normalized spacial score (nSPS) is 11.3. The second-order valence-electron chi connectivity index (χ2n) is 6.26. The molecule has 0 spiro atoms. The molecule has 2 aromatic heterocycles. The molecule has 0 aliphatic heterocycles. The summed E-state index contributed by atoms with van der Waals surface area (Å²) >= 11 is 0. The van der Waals surface area contributed by atoms with Gasteiger partial charge in [-0.05, 0) is 60.2 Å². The summed E-state index contributed by atoms with van der Waals surface area (Å²) < 4.78 is 15.2. The first kappa shape index (κ1) is 15.6. The molecule has 2 aromatic carbocycles. The third kappa shape index (κ3) is 2.35. The van der Waals surface area contributed by atoms with Gasteiger partial charge in [-0.15, -0.1) is 0 Å². The van der Waals surface area contributed by atoms with Crippen molar-refractivity contribution in [2.45, 2.75) is 20.3 Å². The van der Waals surface area contributed by atoms with Crippen molar-refractivity contribution < 1.29 is 9.18 Å². The molecule has 0 atom stereocenters. The van der Waals surface area contributed by atoms with E-state index in [2.05, 4.69) is 19.1 Å². The van der Waals surface area contributed by atoms with E-state index in [1.54, 1.807) is 12.1 Å². The first-order chi connectivity index (χ1) is 12.1. The molecule has 124 valence electrons. The number of hydrogen-bond acceptors (Lipinski definition) is 1. The lowest BCUT2D eigenvalue weighted by molar-refractivity contribution is 0.103. The summed E-state index contributed by atoms with van der Waals surface area (Å²) in [6.07, 6.45) is 2.81. The van der Waals surface area contributed by atoms with Crippen molar-refractivity contribution in [3.05, 3.63) is 89.0 Å². The number of aromatic nitrogens is 1. The Bertz CT molecular complexity index is 1110. The maximum atomic E-state index is 13.2. The molecule has 0 radical (unpaired) electrons. The van der Waals surface area contributed by atoms with Crippen LogP contribution in [-0.2, 0) is 6.42 Å². The highest BCUT2D eigenvalue weighted by atomic mass is 19.1. The first-order valence-electron chi connectivity index (χ1n) is 8.43. The Hall–Kier alpha value is -2.94. The van der Waals surface area contributed by atoms with Crippen molar-refractivity contribution in [1.82, 2.24) is 4.40 Å². The maximum Gasteiger partial charge on any atom is 0.210 e. The Morgan fingerprint density at radius 3 is 2.48 bits per heavy atom. The fraction of sp³-hybridized carbons (Fsp3) is 0.136. The Morgan fingerprint density at radius 1 is 1.04 bits per heavy atom. The molecular formula is C22H18FNO. The van der Waals surface area contributed by atoms with Gasteiger partial charge >= 0.3 is 0 Å².